The molecule has 0 saturated heterocycles. The van der Waals surface area contributed by atoms with E-state index in [1.807, 2.05) is 13.8 Å². The van der Waals surface area contributed by atoms with Gasteiger partial charge in [-0.25, -0.2) is 0 Å². The average molecular weight is 243 g/mol. The minimum absolute atomic E-state index is 0.0134. The van der Waals surface area contributed by atoms with Gasteiger partial charge in [0.1, 0.15) is 6.29 Å². The molecule has 0 bridgehead atoms. The fourth-order valence-corrected chi connectivity index (χ4v) is 2.33. The molecule has 0 amide bonds. The van der Waals surface area contributed by atoms with Gasteiger partial charge in [0.05, 0.1) is 12.1 Å². The van der Waals surface area contributed by atoms with Crippen LogP contribution in [0.2, 0.25) is 5.02 Å². The first-order valence-corrected chi connectivity index (χ1v) is 5.40. The molecule has 0 radical (unpaired) electrons. The van der Waals surface area contributed by atoms with E-state index in [-0.39, 0.29) is 17.4 Å². The molecule has 0 saturated carbocycles. The van der Waals surface area contributed by atoms with Crippen molar-refractivity contribution in [3.63, 3.8) is 0 Å². The normalized spacial score (nSPS) is 12.2. The highest BCUT2D eigenvalue weighted by Gasteiger charge is 2.19. The van der Waals surface area contributed by atoms with Crippen LogP contribution >= 0.6 is 11.6 Å². The number of ether oxygens (including phenoxy) is 1. The van der Waals surface area contributed by atoms with Gasteiger partial charge >= 0.3 is 0 Å². The molecule has 0 heterocycles. The second kappa shape index (κ2) is 5.21. The van der Waals surface area contributed by atoms with Gasteiger partial charge in [-0.05, 0) is 30.0 Å². The van der Waals surface area contributed by atoms with Gasteiger partial charge in [0.25, 0.3) is 0 Å². The Morgan fingerprint density at radius 2 is 2.25 bits per heavy atom. The number of aromatic hydroxyl groups is 1. The van der Waals surface area contributed by atoms with E-state index in [2.05, 4.69) is 0 Å². The summed E-state index contributed by atoms with van der Waals surface area (Å²) in [6.07, 6.45) is 1.26. The molecule has 0 fully saturated rings. The third-order valence-corrected chi connectivity index (χ3v) is 2.97. The Bertz CT molecular complexity index is 402. The SMILES string of the molecule is COc1c(O)cc(C)c(C(C)CC=O)c1Cl. The molecule has 3 nitrogen and oxygen atoms in total. The molecule has 4 heteroatoms. The van der Waals surface area contributed by atoms with E-state index < -0.39 is 0 Å². The van der Waals surface area contributed by atoms with Crippen molar-refractivity contribution in [2.24, 2.45) is 0 Å². The van der Waals surface area contributed by atoms with Crippen molar-refractivity contribution in [2.45, 2.75) is 26.2 Å². The van der Waals surface area contributed by atoms with E-state index in [1.54, 1.807) is 6.07 Å². The molecule has 16 heavy (non-hydrogen) atoms. The fraction of sp³-hybridized carbons (Fsp3) is 0.417. The molecule has 0 spiro atoms. The number of hydrogen-bond acceptors (Lipinski definition) is 3. The maximum absolute atomic E-state index is 10.5. The predicted molar refractivity (Wildman–Crippen MR) is 63.5 cm³/mol. The van der Waals surface area contributed by atoms with Crippen molar-refractivity contribution >= 4 is 17.9 Å². The quantitative estimate of drug-likeness (QED) is 0.826. The maximum atomic E-state index is 10.5. The summed E-state index contributed by atoms with van der Waals surface area (Å²) in [5, 5.41) is 10.0. The number of carbonyl (C=O) groups excluding carboxylic acids is 1. The Hall–Kier alpha value is -1.22. The van der Waals surface area contributed by atoms with Gasteiger partial charge in [-0.15, -0.1) is 0 Å². The largest absolute Gasteiger partial charge is 0.504 e. The molecule has 1 N–H and O–H groups in total. The van der Waals surface area contributed by atoms with Crippen molar-refractivity contribution in [3.8, 4) is 11.5 Å². The standard InChI is InChI=1S/C12H15ClO3/c1-7(4-5-14)10-8(2)6-9(15)12(16-3)11(10)13/h5-7,15H,4H2,1-3H3. The monoisotopic (exact) mass is 242 g/mol. The van der Waals surface area contributed by atoms with E-state index in [0.29, 0.717) is 11.4 Å². The summed E-state index contributed by atoms with van der Waals surface area (Å²) in [7, 11) is 1.45. The first-order chi connectivity index (χ1) is 7.52. The number of benzene rings is 1. The molecule has 0 aliphatic carbocycles. The Morgan fingerprint density at radius 3 is 2.75 bits per heavy atom. The summed E-state index contributed by atoms with van der Waals surface area (Å²) in [6, 6.07) is 1.60. The van der Waals surface area contributed by atoms with Gasteiger partial charge in [0.15, 0.2) is 11.5 Å². The maximum Gasteiger partial charge on any atom is 0.179 e. The van der Waals surface area contributed by atoms with Crippen LogP contribution in [0.25, 0.3) is 0 Å². The van der Waals surface area contributed by atoms with Gasteiger partial charge in [-0.3, -0.25) is 0 Å². The van der Waals surface area contributed by atoms with Crippen molar-refractivity contribution in [2.75, 3.05) is 7.11 Å². The topological polar surface area (TPSA) is 46.5 Å². The Kier molecular flexibility index (Phi) is 4.19. The lowest BCUT2D eigenvalue weighted by Gasteiger charge is -2.17. The molecule has 0 aliphatic rings. The molecule has 1 unspecified atom stereocenters. The van der Waals surface area contributed by atoms with Crippen LogP contribution in [-0.4, -0.2) is 18.5 Å². The number of phenolic OH excluding ortho intramolecular Hbond substituents is 1. The van der Waals surface area contributed by atoms with Crippen LogP contribution in [-0.2, 0) is 4.79 Å². The number of aldehydes is 1. The van der Waals surface area contributed by atoms with E-state index in [9.17, 15) is 9.90 Å². The van der Waals surface area contributed by atoms with Crippen LogP contribution in [0.4, 0.5) is 0 Å². The second-order valence-electron chi connectivity index (χ2n) is 3.78. The number of hydrogen-bond donors (Lipinski definition) is 1. The Morgan fingerprint density at radius 1 is 1.62 bits per heavy atom. The molecule has 1 aromatic rings. The van der Waals surface area contributed by atoms with E-state index >= 15 is 0 Å². The van der Waals surface area contributed by atoms with Crippen molar-refractivity contribution < 1.29 is 14.6 Å². The van der Waals surface area contributed by atoms with Gasteiger partial charge in [-0.1, -0.05) is 18.5 Å². The molecule has 88 valence electrons. The first-order valence-electron chi connectivity index (χ1n) is 5.02. The van der Waals surface area contributed by atoms with E-state index in [4.69, 9.17) is 16.3 Å². The zero-order chi connectivity index (χ0) is 12.3. The smallest absolute Gasteiger partial charge is 0.179 e. The lowest BCUT2D eigenvalue weighted by molar-refractivity contribution is -0.108. The fourth-order valence-electron chi connectivity index (χ4n) is 1.82. The van der Waals surface area contributed by atoms with Crippen molar-refractivity contribution in [1.82, 2.24) is 0 Å². The highest BCUT2D eigenvalue weighted by Crippen LogP contribution is 2.42. The highest BCUT2D eigenvalue weighted by molar-refractivity contribution is 6.33. The minimum atomic E-state index is 0.0134. The summed E-state index contributed by atoms with van der Waals surface area (Å²) in [6.45, 7) is 3.76. The summed E-state index contributed by atoms with van der Waals surface area (Å²) in [5.41, 5.74) is 1.71. The van der Waals surface area contributed by atoms with Crippen LogP contribution in [0, 0.1) is 6.92 Å². The third kappa shape index (κ3) is 2.30. The first kappa shape index (κ1) is 12.8. The number of methoxy groups -OCH3 is 1. The van der Waals surface area contributed by atoms with Crippen LogP contribution in [0.15, 0.2) is 6.07 Å². The lowest BCUT2D eigenvalue weighted by atomic mass is 9.93. The summed E-state index contributed by atoms with van der Waals surface area (Å²) in [5.74, 6) is 0.298. The predicted octanol–water partition coefficient (Wildman–Crippen LogP) is 3.06. The van der Waals surface area contributed by atoms with Crippen LogP contribution in [0.3, 0.4) is 0 Å². The third-order valence-electron chi connectivity index (χ3n) is 2.59. The zero-order valence-electron chi connectivity index (χ0n) is 9.58. The van der Waals surface area contributed by atoms with Crippen LogP contribution < -0.4 is 4.74 Å². The Balaban J connectivity index is 3.32. The molecule has 0 aromatic heterocycles. The summed E-state index contributed by atoms with van der Waals surface area (Å²) < 4.78 is 5.03. The van der Waals surface area contributed by atoms with Crippen LogP contribution in [0.5, 0.6) is 11.5 Å². The number of aryl methyl sites for hydroxylation is 1. The number of phenols is 1. The van der Waals surface area contributed by atoms with Crippen LogP contribution in [0.1, 0.15) is 30.4 Å². The number of rotatable bonds is 4. The van der Waals surface area contributed by atoms with Crippen molar-refractivity contribution in [3.05, 3.63) is 22.2 Å². The molecule has 1 rings (SSSR count). The lowest BCUT2D eigenvalue weighted by Crippen LogP contribution is -2.00. The molecule has 0 aliphatic heterocycles. The van der Waals surface area contributed by atoms with Crippen molar-refractivity contribution in [1.29, 1.82) is 0 Å². The van der Waals surface area contributed by atoms with Gasteiger partial charge < -0.3 is 14.6 Å². The van der Waals surface area contributed by atoms with Gasteiger partial charge in [0.2, 0.25) is 0 Å². The van der Waals surface area contributed by atoms with Gasteiger partial charge in [0, 0.05) is 6.42 Å². The average Bonchev–Trinajstić information content (AvgIpc) is 2.17. The minimum Gasteiger partial charge on any atom is -0.504 e. The second-order valence-corrected chi connectivity index (χ2v) is 4.15. The van der Waals surface area contributed by atoms with E-state index in [0.717, 1.165) is 17.4 Å². The molecule has 1 atom stereocenters. The van der Waals surface area contributed by atoms with Gasteiger partial charge in [-0.2, -0.15) is 0 Å². The number of carbonyl (C=O) groups is 1. The molecule has 1 aromatic carbocycles. The summed E-state index contributed by atoms with van der Waals surface area (Å²) in [4.78, 5) is 10.5. The number of halogens is 1. The highest BCUT2D eigenvalue weighted by atomic mass is 35.5. The summed E-state index contributed by atoms with van der Waals surface area (Å²) >= 11 is 6.15. The molecular weight excluding hydrogens is 228 g/mol. The van der Waals surface area contributed by atoms with E-state index in [1.165, 1.54) is 7.11 Å². The Labute approximate surface area is 100.0 Å². The zero-order valence-corrected chi connectivity index (χ0v) is 10.3. The molecular formula is C12H15ClO3.